The minimum atomic E-state index is -0.0556. The molecule has 2 aromatic rings. The van der Waals surface area contributed by atoms with Gasteiger partial charge in [0.1, 0.15) is 10.9 Å². The first-order chi connectivity index (χ1) is 10.6. The molecule has 0 bridgehead atoms. The van der Waals surface area contributed by atoms with E-state index < -0.39 is 0 Å². The zero-order chi connectivity index (χ0) is 15.5. The normalized spacial score (nSPS) is 17.9. The fraction of sp³-hybridized carbons (Fsp3) is 0.312. The van der Waals surface area contributed by atoms with Crippen LogP contribution in [-0.2, 0) is 11.8 Å². The highest BCUT2D eigenvalue weighted by molar-refractivity contribution is 6.29. The zero-order valence-corrected chi connectivity index (χ0v) is 12.9. The highest BCUT2D eigenvalue weighted by Gasteiger charge is 2.22. The van der Waals surface area contributed by atoms with Crippen LogP contribution in [0.1, 0.15) is 35.6 Å². The minimum absolute atomic E-state index is 0.0556. The molecule has 1 aliphatic heterocycles. The van der Waals surface area contributed by atoms with E-state index in [1.807, 2.05) is 13.2 Å². The van der Waals surface area contributed by atoms with Gasteiger partial charge in [-0.3, -0.25) is 9.48 Å². The maximum Gasteiger partial charge on any atom is 0.136 e. The lowest BCUT2D eigenvalue weighted by atomic mass is 9.94. The van der Waals surface area contributed by atoms with Gasteiger partial charge in [0, 0.05) is 50.4 Å². The van der Waals surface area contributed by atoms with Crippen molar-refractivity contribution in [2.24, 2.45) is 7.05 Å². The molecule has 2 aromatic heterocycles. The summed E-state index contributed by atoms with van der Waals surface area (Å²) >= 11 is 6.01. The van der Waals surface area contributed by atoms with Gasteiger partial charge < -0.3 is 5.32 Å². The van der Waals surface area contributed by atoms with Crippen LogP contribution >= 0.6 is 11.6 Å². The van der Waals surface area contributed by atoms with E-state index >= 15 is 0 Å². The van der Waals surface area contributed by atoms with Crippen molar-refractivity contribution in [2.75, 3.05) is 6.54 Å². The van der Waals surface area contributed by atoms with Crippen molar-refractivity contribution < 1.29 is 4.79 Å². The molecule has 1 saturated heterocycles. The highest BCUT2D eigenvalue weighted by Crippen LogP contribution is 2.25. The van der Waals surface area contributed by atoms with Crippen molar-refractivity contribution in [1.82, 2.24) is 20.1 Å². The lowest BCUT2D eigenvalue weighted by molar-refractivity contribution is -0.120. The number of Topliss-reactive ketones (excluding diaryl/α,β-unsaturated/α-hetero) is 1. The molecule has 1 fully saturated rings. The van der Waals surface area contributed by atoms with Gasteiger partial charge in [0.25, 0.3) is 0 Å². The average Bonchev–Trinajstić information content (AvgIpc) is 2.91. The number of piperidine rings is 1. The number of hydrogen-bond donors (Lipinski definition) is 1. The Morgan fingerprint density at radius 2 is 2.27 bits per heavy atom. The second-order valence-corrected chi connectivity index (χ2v) is 5.63. The van der Waals surface area contributed by atoms with Gasteiger partial charge in [0.15, 0.2) is 0 Å². The van der Waals surface area contributed by atoms with Crippen LogP contribution < -0.4 is 5.32 Å². The van der Waals surface area contributed by atoms with Gasteiger partial charge >= 0.3 is 0 Å². The molecule has 1 aliphatic rings. The number of aromatic nitrogens is 3. The number of carbonyl (C=O) groups excluding carboxylic acids is 1. The van der Waals surface area contributed by atoms with E-state index in [-0.39, 0.29) is 11.8 Å². The van der Waals surface area contributed by atoms with E-state index in [9.17, 15) is 4.79 Å². The largest absolute Gasteiger partial charge is 0.309 e. The molecule has 0 aromatic carbocycles. The van der Waals surface area contributed by atoms with Gasteiger partial charge in [-0.05, 0) is 11.6 Å². The van der Waals surface area contributed by atoms with Crippen molar-refractivity contribution in [3.63, 3.8) is 0 Å². The number of nitrogens with zero attached hydrogens (tertiary/aromatic N) is 3. The van der Waals surface area contributed by atoms with Crippen LogP contribution in [0.4, 0.5) is 0 Å². The van der Waals surface area contributed by atoms with Crippen molar-refractivity contribution in [2.45, 2.75) is 18.9 Å². The third-order valence-electron chi connectivity index (χ3n) is 3.55. The first-order valence-electron chi connectivity index (χ1n) is 7.03. The van der Waals surface area contributed by atoms with E-state index in [2.05, 4.69) is 27.2 Å². The Bertz CT molecular complexity index is 772. The fourth-order valence-corrected chi connectivity index (χ4v) is 2.64. The molecule has 0 saturated carbocycles. The summed E-state index contributed by atoms with van der Waals surface area (Å²) in [4.78, 5) is 15.8. The molecule has 22 heavy (non-hydrogen) atoms. The number of pyridine rings is 1. The predicted molar refractivity (Wildman–Crippen MR) is 83.4 cm³/mol. The predicted octanol–water partition coefficient (Wildman–Crippen LogP) is 1.86. The van der Waals surface area contributed by atoms with Crippen LogP contribution in [0.3, 0.4) is 0 Å². The Morgan fingerprint density at radius 1 is 1.41 bits per heavy atom. The molecular formula is C16H15ClN4O. The number of aryl methyl sites for hydroxylation is 1. The Hall–Kier alpha value is -2.16. The summed E-state index contributed by atoms with van der Waals surface area (Å²) in [6, 6.07) is 1.73. The van der Waals surface area contributed by atoms with Crippen LogP contribution in [0.2, 0.25) is 5.15 Å². The standard InChI is InChI=1S/C16H15ClN4O/c1-21-10-11(8-20-21)2-3-12-9-19-16(17)7-14(12)15-6-13(22)4-5-18-15/h7-10,15,18H,4-6H2,1H3. The number of ketones is 1. The van der Waals surface area contributed by atoms with Gasteiger partial charge in [0.2, 0.25) is 0 Å². The van der Waals surface area contributed by atoms with E-state index in [0.29, 0.717) is 24.5 Å². The fourth-order valence-electron chi connectivity index (χ4n) is 2.47. The molecule has 0 aliphatic carbocycles. The molecule has 0 amide bonds. The molecule has 3 heterocycles. The molecule has 1 unspecified atom stereocenters. The maximum absolute atomic E-state index is 11.7. The summed E-state index contributed by atoms with van der Waals surface area (Å²) in [5, 5.41) is 7.83. The smallest absolute Gasteiger partial charge is 0.136 e. The average molecular weight is 315 g/mol. The van der Waals surface area contributed by atoms with Gasteiger partial charge in [0.05, 0.1) is 11.8 Å². The zero-order valence-electron chi connectivity index (χ0n) is 12.1. The minimum Gasteiger partial charge on any atom is -0.309 e. The van der Waals surface area contributed by atoms with Crippen LogP contribution in [0, 0.1) is 11.8 Å². The number of hydrogen-bond acceptors (Lipinski definition) is 4. The van der Waals surface area contributed by atoms with E-state index in [0.717, 1.165) is 16.7 Å². The van der Waals surface area contributed by atoms with Crippen LogP contribution in [0.15, 0.2) is 24.7 Å². The number of carbonyl (C=O) groups is 1. The van der Waals surface area contributed by atoms with Crippen LogP contribution in [0.25, 0.3) is 0 Å². The summed E-state index contributed by atoms with van der Waals surface area (Å²) in [5.41, 5.74) is 2.53. The quantitative estimate of drug-likeness (QED) is 0.645. The maximum atomic E-state index is 11.7. The van der Waals surface area contributed by atoms with Crippen molar-refractivity contribution >= 4 is 17.4 Å². The molecule has 1 atom stereocenters. The second-order valence-electron chi connectivity index (χ2n) is 5.25. The van der Waals surface area contributed by atoms with E-state index in [1.165, 1.54) is 0 Å². The van der Waals surface area contributed by atoms with Crippen LogP contribution in [0.5, 0.6) is 0 Å². The molecule has 5 nitrogen and oxygen atoms in total. The number of rotatable bonds is 1. The Morgan fingerprint density at radius 3 is 3.00 bits per heavy atom. The van der Waals surface area contributed by atoms with Gasteiger partial charge in [-0.2, -0.15) is 5.10 Å². The van der Waals surface area contributed by atoms with Gasteiger partial charge in [-0.1, -0.05) is 23.4 Å². The molecule has 6 heteroatoms. The van der Waals surface area contributed by atoms with Crippen molar-refractivity contribution in [3.8, 4) is 11.8 Å². The Labute approximate surface area is 133 Å². The van der Waals surface area contributed by atoms with Gasteiger partial charge in [-0.25, -0.2) is 4.98 Å². The summed E-state index contributed by atoms with van der Waals surface area (Å²) in [6.45, 7) is 0.679. The van der Waals surface area contributed by atoms with Crippen molar-refractivity contribution in [1.29, 1.82) is 0 Å². The van der Waals surface area contributed by atoms with E-state index in [4.69, 9.17) is 11.6 Å². The second kappa shape index (κ2) is 6.30. The monoisotopic (exact) mass is 314 g/mol. The molecule has 0 radical (unpaired) electrons. The third kappa shape index (κ3) is 3.35. The summed E-state index contributed by atoms with van der Waals surface area (Å²) in [6.07, 6.45) is 6.24. The molecule has 112 valence electrons. The lowest BCUT2D eigenvalue weighted by Gasteiger charge is -2.24. The molecule has 3 rings (SSSR count). The number of halogens is 1. The SMILES string of the molecule is Cn1cc(C#Cc2cnc(Cl)cc2C2CC(=O)CCN2)cn1. The topological polar surface area (TPSA) is 59.8 Å². The molecular weight excluding hydrogens is 300 g/mol. The number of nitrogens with one attached hydrogen (secondary N) is 1. The lowest BCUT2D eigenvalue weighted by Crippen LogP contribution is -2.32. The van der Waals surface area contributed by atoms with E-state index in [1.54, 1.807) is 23.1 Å². The highest BCUT2D eigenvalue weighted by atomic mass is 35.5. The molecule has 0 spiro atoms. The van der Waals surface area contributed by atoms with Crippen LogP contribution in [-0.4, -0.2) is 27.1 Å². The van der Waals surface area contributed by atoms with Gasteiger partial charge in [-0.15, -0.1) is 0 Å². The third-order valence-corrected chi connectivity index (χ3v) is 3.76. The summed E-state index contributed by atoms with van der Waals surface area (Å²) < 4.78 is 1.70. The van der Waals surface area contributed by atoms with Crippen molar-refractivity contribution in [3.05, 3.63) is 46.5 Å². The summed E-state index contributed by atoms with van der Waals surface area (Å²) in [5.74, 6) is 6.42. The first-order valence-corrected chi connectivity index (χ1v) is 7.41. The Balaban J connectivity index is 1.94. The molecule has 1 N–H and O–H groups in total. The first kappa shape index (κ1) is 14.8. The Kier molecular flexibility index (Phi) is 4.23. The summed E-state index contributed by atoms with van der Waals surface area (Å²) in [7, 11) is 1.85.